The van der Waals surface area contributed by atoms with Gasteiger partial charge in [0.15, 0.2) is 0 Å². The fourth-order valence-corrected chi connectivity index (χ4v) is 7.37. The van der Waals surface area contributed by atoms with Crippen LogP contribution in [0.2, 0.25) is 0 Å². The molecule has 0 atom stereocenters. The molecule has 1 aliphatic rings. The highest BCUT2D eigenvalue weighted by molar-refractivity contribution is 7.90. The first-order chi connectivity index (χ1) is 19.0. The van der Waals surface area contributed by atoms with E-state index in [1.54, 1.807) is 18.2 Å². The smallest absolute Gasteiger partial charge is 0.270 e. The summed E-state index contributed by atoms with van der Waals surface area (Å²) in [6.45, 7) is 0.203. The number of hydrogen-bond acceptors (Lipinski definition) is 8. The summed E-state index contributed by atoms with van der Waals surface area (Å²) in [4.78, 5) is 25.3. The van der Waals surface area contributed by atoms with Crippen LogP contribution in [0.1, 0.15) is 15.9 Å². The van der Waals surface area contributed by atoms with Gasteiger partial charge in [-0.15, -0.1) is 0 Å². The summed E-state index contributed by atoms with van der Waals surface area (Å²) in [6.07, 6.45) is 1.20. The summed E-state index contributed by atoms with van der Waals surface area (Å²) in [7, 11) is -8.13. The maximum absolute atomic E-state index is 13.6. The average molecular weight is 580 g/mol. The monoisotopic (exact) mass is 579 g/mol. The standard InChI is InChI=1S/C26H21N5O7S2/c27-17-19-8-10-21(11-9-19)39(35,36)29-14-12-28(13-15-29)26(32)24-18-30(25-7-2-1-6-23(24)25)40(37,38)22-5-3-4-20(16-22)31(33)34/h1-11,16,18H,12-15H2. The minimum atomic E-state index is -4.30. The average Bonchev–Trinajstić information content (AvgIpc) is 3.37. The van der Waals surface area contributed by atoms with Gasteiger partial charge in [-0.2, -0.15) is 9.57 Å². The molecule has 0 radical (unpaired) electrons. The van der Waals surface area contributed by atoms with E-state index in [0.29, 0.717) is 10.9 Å². The molecule has 0 aliphatic carbocycles. The zero-order valence-corrected chi connectivity index (χ0v) is 22.4. The van der Waals surface area contributed by atoms with Crippen molar-refractivity contribution in [2.24, 2.45) is 0 Å². The van der Waals surface area contributed by atoms with Crippen molar-refractivity contribution in [1.82, 2.24) is 13.2 Å². The predicted octanol–water partition coefficient (Wildman–Crippen LogP) is 2.80. The maximum atomic E-state index is 13.6. The summed E-state index contributed by atoms with van der Waals surface area (Å²) in [5, 5.41) is 20.5. The zero-order chi connectivity index (χ0) is 28.7. The number of piperazine rings is 1. The van der Waals surface area contributed by atoms with Gasteiger partial charge < -0.3 is 4.90 Å². The quantitative estimate of drug-likeness (QED) is 0.249. The van der Waals surface area contributed by atoms with Crippen LogP contribution in [-0.4, -0.2) is 67.0 Å². The van der Waals surface area contributed by atoms with Crippen molar-refractivity contribution >= 4 is 42.5 Å². The summed E-state index contributed by atoms with van der Waals surface area (Å²) in [5.41, 5.74) is 0.274. The lowest BCUT2D eigenvalue weighted by Gasteiger charge is -2.34. The molecule has 0 bridgehead atoms. The van der Waals surface area contributed by atoms with Crippen molar-refractivity contribution in [2.75, 3.05) is 26.2 Å². The molecular weight excluding hydrogens is 558 g/mol. The summed E-state index contributed by atoms with van der Waals surface area (Å²) in [5.74, 6) is -0.473. The number of nitro benzene ring substituents is 1. The van der Waals surface area contributed by atoms with Crippen LogP contribution in [0.3, 0.4) is 0 Å². The molecule has 0 unspecified atom stereocenters. The number of carbonyl (C=O) groups is 1. The molecule has 12 nitrogen and oxygen atoms in total. The maximum Gasteiger partial charge on any atom is 0.270 e. The third kappa shape index (κ3) is 4.70. The van der Waals surface area contributed by atoms with Crippen LogP contribution in [0, 0.1) is 21.4 Å². The molecule has 3 aromatic carbocycles. The molecule has 0 N–H and O–H groups in total. The third-order valence-corrected chi connectivity index (χ3v) is 10.2. The Kier molecular flexibility index (Phi) is 6.88. The number of nitrogens with zero attached hydrogens (tertiary/aromatic N) is 5. The molecule has 1 saturated heterocycles. The molecule has 2 heterocycles. The number of hydrogen-bond donors (Lipinski definition) is 0. The first kappa shape index (κ1) is 27.0. The highest BCUT2D eigenvalue weighted by atomic mass is 32.2. The van der Waals surface area contributed by atoms with E-state index in [9.17, 15) is 31.7 Å². The Balaban J connectivity index is 1.42. The van der Waals surface area contributed by atoms with E-state index in [2.05, 4.69) is 0 Å². The number of rotatable bonds is 6. The molecule has 14 heteroatoms. The van der Waals surface area contributed by atoms with Crippen molar-refractivity contribution in [1.29, 1.82) is 5.26 Å². The van der Waals surface area contributed by atoms with Gasteiger partial charge in [0.1, 0.15) is 0 Å². The Hall–Kier alpha value is -4.58. The fourth-order valence-electron chi connectivity index (χ4n) is 4.54. The van der Waals surface area contributed by atoms with Gasteiger partial charge in [0, 0.05) is 49.9 Å². The first-order valence-electron chi connectivity index (χ1n) is 11.9. The second kappa shape index (κ2) is 10.2. The van der Waals surface area contributed by atoms with E-state index < -0.39 is 30.9 Å². The number of nitriles is 1. The molecule has 4 aromatic rings. The van der Waals surface area contributed by atoms with Gasteiger partial charge in [0.25, 0.3) is 21.6 Å². The van der Waals surface area contributed by atoms with Gasteiger partial charge in [-0.3, -0.25) is 14.9 Å². The number of para-hydroxylation sites is 1. The normalized spacial score (nSPS) is 14.6. The molecule has 5 rings (SSSR count). The Morgan fingerprint density at radius 2 is 1.52 bits per heavy atom. The summed E-state index contributed by atoms with van der Waals surface area (Å²) >= 11 is 0. The Morgan fingerprint density at radius 3 is 2.17 bits per heavy atom. The molecule has 1 aliphatic heterocycles. The molecule has 1 amide bonds. The number of aromatic nitrogens is 1. The van der Waals surface area contributed by atoms with Crippen molar-refractivity contribution in [3.8, 4) is 6.07 Å². The van der Waals surface area contributed by atoms with Gasteiger partial charge >= 0.3 is 0 Å². The number of carbonyl (C=O) groups excluding carboxylic acids is 1. The zero-order valence-electron chi connectivity index (χ0n) is 20.7. The van der Waals surface area contributed by atoms with E-state index in [4.69, 9.17) is 5.26 Å². The highest BCUT2D eigenvalue weighted by Gasteiger charge is 2.32. The predicted molar refractivity (Wildman–Crippen MR) is 143 cm³/mol. The van der Waals surface area contributed by atoms with Gasteiger partial charge in [-0.05, 0) is 36.4 Å². The van der Waals surface area contributed by atoms with Crippen molar-refractivity contribution < 1.29 is 26.6 Å². The van der Waals surface area contributed by atoms with Crippen molar-refractivity contribution in [3.63, 3.8) is 0 Å². The summed E-state index contributed by atoms with van der Waals surface area (Å²) in [6, 6.07) is 18.6. The molecule has 40 heavy (non-hydrogen) atoms. The van der Waals surface area contributed by atoms with Crippen LogP contribution in [0.5, 0.6) is 0 Å². The number of benzene rings is 3. The molecule has 1 aromatic heterocycles. The Bertz CT molecular complexity index is 1900. The van der Waals surface area contributed by atoms with Gasteiger partial charge in [-0.25, -0.2) is 20.8 Å². The SMILES string of the molecule is N#Cc1ccc(S(=O)(=O)N2CCN(C(=O)c3cn(S(=O)(=O)c4cccc([N+](=O)[O-])c4)c4ccccc34)CC2)cc1. The minimum absolute atomic E-state index is 0.0265. The number of non-ortho nitro benzene ring substituents is 1. The number of fused-ring (bicyclic) bond motifs is 1. The van der Waals surface area contributed by atoms with Crippen molar-refractivity contribution in [3.05, 3.63) is 100 Å². The molecule has 1 fully saturated rings. The van der Waals surface area contributed by atoms with E-state index >= 15 is 0 Å². The van der Waals surface area contributed by atoms with E-state index in [0.717, 1.165) is 10.0 Å². The van der Waals surface area contributed by atoms with Crippen LogP contribution in [-0.2, 0) is 20.0 Å². The van der Waals surface area contributed by atoms with Crippen LogP contribution in [0.4, 0.5) is 5.69 Å². The lowest BCUT2D eigenvalue weighted by Crippen LogP contribution is -2.50. The first-order valence-corrected chi connectivity index (χ1v) is 14.8. The summed E-state index contributed by atoms with van der Waals surface area (Å²) < 4.78 is 55.3. The van der Waals surface area contributed by atoms with Crippen LogP contribution < -0.4 is 0 Å². The minimum Gasteiger partial charge on any atom is -0.336 e. The van der Waals surface area contributed by atoms with Gasteiger partial charge in [0.05, 0.1) is 37.4 Å². The van der Waals surface area contributed by atoms with Crippen LogP contribution in [0.15, 0.2) is 88.8 Å². The fraction of sp³-hybridized carbons (Fsp3) is 0.154. The van der Waals surface area contributed by atoms with Gasteiger partial charge in [-0.1, -0.05) is 24.3 Å². The second-order valence-electron chi connectivity index (χ2n) is 8.95. The molecular formula is C26H21N5O7S2. The molecule has 0 spiro atoms. The van der Waals surface area contributed by atoms with E-state index in [1.807, 2.05) is 6.07 Å². The largest absolute Gasteiger partial charge is 0.336 e. The topological polar surface area (TPSA) is 164 Å². The Morgan fingerprint density at radius 1 is 0.850 bits per heavy atom. The lowest BCUT2D eigenvalue weighted by molar-refractivity contribution is -0.385. The molecule has 0 saturated carbocycles. The second-order valence-corrected chi connectivity index (χ2v) is 12.7. The van der Waals surface area contributed by atoms with Crippen LogP contribution in [0.25, 0.3) is 10.9 Å². The highest BCUT2D eigenvalue weighted by Crippen LogP contribution is 2.29. The third-order valence-electron chi connectivity index (χ3n) is 6.64. The number of nitro groups is 1. The van der Waals surface area contributed by atoms with Gasteiger partial charge in [0.2, 0.25) is 10.0 Å². The van der Waals surface area contributed by atoms with E-state index in [-0.39, 0.29) is 52.7 Å². The van der Waals surface area contributed by atoms with E-state index in [1.165, 1.54) is 63.9 Å². The number of sulfonamides is 1. The van der Waals surface area contributed by atoms with Crippen LogP contribution >= 0.6 is 0 Å². The molecule has 204 valence electrons. The lowest BCUT2D eigenvalue weighted by atomic mass is 10.1. The number of amides is 1. The Labute approximate surface area is 229 Å². The van der Waals surface area contributed by atoms with Crippen molar-refractivity contribution in [2.45, 2.75) is 9.79 Å².